The number of carbonyl (C=O) groups excluding carboxylic acids is 1. The van der Waals surface area contributed by atoms with E-state index in [9.17, 15) is 4.79 Å². The van der Waals surface area contributed by atoms with Gasteiger partial charge in [-0.15, -0.1) is 10.2 Å². The second kappa shape index (κ2) is 6.21. The Morgan fingerprint density at radius 1 is 1.50 bits per heavy atom. The summed E-state index contributed by atoms with van der Waals surface area (Å²) in [4.78, 5) is 13.9. The molecule has 2 rings (SSSR count). The van der Waals surface area contributed by atoms with E-state index in [4.69, 9.17) is 5.73 Å². The van der Waals surface area contributed by atoms with Crippen molar-refractivity contribution >= 4 is 22.4 Å². The lowest BCUT2D eigenvalue weighted by molar-refractivity contribution is -0.117. The monoisotopic (exact) mass is 269 g/mol. The van der Waals surface area contributed by atoms with Gasteiger partial charge in [-0.3, -0.25) is 15.0 Å². The van der Waals surface area contributed by atoms with E-state index in [1.807, 2.05) is 6.92 Å². The Morgan fingerprint density at radius 3 is 2.83 bits per heavy atom. The minimum atomic E-state index is -0.0238. The smallest absolute Gasteiger partial charge is 0.240 e. The van der Waals surface area contributed by atoms with E-state index in [-0.39, 0.29) is 5.91 Å². The molecule has 0 saturated carbocycles. The standard InChI is InChI=1S/C11H19N5OS/c1-2-10-14-15-11(18-10)13-9(17)7-16-5-3-8(12)4-6-16/h8H,2-7,12H2,1H3,(H,13,15,17). The van der Waals surface area contributed by atoms with Gasteiger partial charge in [-0.05, 0) is 19.3 Å². The summed E-state index contributed by atoms with van der Waals surface area (Å²) >= 11 is 1.43. The number of amides is 1. The number of nitrogens with zero attached hydrogens (tertiary/aromatic N) is 3. The van der Waals surface area contributed by atoms with Crippen molar-refractivity contribution in [1.82, 2.24) is 15.1 Å². The van der Waals surface area contributed by atoms with Crippen molar-refractivity contribution in [3.63, 3.8) is 0 Å². The van der Waals surface area contributed by atoms with Crippen LogP contribution in [-0.4, -0.2) is 46.7 Å². The van der Waals surface area contributed by atoms with Crippen LogP contribution in [-0.2, 0) is 11.2 Å². The first kappa shape index (κ1) is 13.4. The van der Waals surface area contributed by atoms with Crippen molar-refractivity contribution in [1.29, 1.82) is 0 Å². The topological polar surface area (TPSA) is 84.1 Å². The molecule has 0 unspecified atom stereocenters. The molecule has 2 heterocycles. The first-order valence-electron chi connectivity index (χ1n) is 6.27. The lowest BCUT2D eigenvalue weighted by atomic mass is 10.1. The molecule has 1 saturated heterocycles. The van der Waals surface area contributed by atoms with Gasteiger partial charge < -0.3 is 5.73 Å². The number of likely N-dealkylation sites (tertiary alicyclic amines) is 1. The maximum Gasteiger partial charge on any atom is 0.240 e. The first-order valence-corrected chi connectivity index (χ1v) is 7.09. The van der Waals surface area contributed by atoms with Crippen LogP contribution in [0, 0.1) is 0 Å². The fourth-order valence-corrected chi connectivity index (χ4v) is 2.62. The average Bonchev–Trinajstić information content (AvgIpc) is 2.79. The van der Waals surface area contributed by atoms with E-state index >= 15 is 0 Å². The zero-order valence-electron chi connectivity index (χ0n) is 10.6. The van der Waals surface area contributed by atoms with Gasteiger partial charge in [0.25, 0.3) is 0 Å². The molecule has 6 nitrogen and oxygen atoms in total. The molecular formula is C11H19N5OS. The van der Waals surface area contributed by atoms with Crippen LogP contribution in [0.25, 0.3) is 0 Å². The van der Waals surface area contributed by atoms with Gasteiger partial charge in [-0.2, -0.15) is 0 Å². The summed E-state index contributed by atoms with van der Waals surface area (Å²) in [5.41, 5.74) is 5.83. The summed E-state index contributed by atoms with van der Waals surface area (Å²) in [6.07, 6.45) is 2.77. The quantitative estimate of drug-likeness (QED) is 0.829. The molecular weight excluding hydrogens is 250 g/mol. The fraction of sp³-hybridized carbons (Fsp3) is 0.727. The molecule has 0 spiro atoms. The van der Waals surface area contributed by atoms with Crippen molar-refractivity contribution in [3.8, 4) is 0 Å². The highest BCUT2D eigenvalue weighted by Gasteiger charge is 2.18. The number of carbonyl (C=O) groups is 1. The summed E-state index contributed by atoms with van der Waals surface area (Å²) in [6.45, 7) is 4.21. The minimum Gasteiger partial charge on any atom is -0.328 e. The molecule has 0 radical (unpaired) electrons. The number of nitrogens with two attached hydrogens (primary N) is 1. The fourth-order valence-electron chi connectivity index (χ4n) is 1.92. The Kier molecular flexibility index (Phi) is 4.62. The Balaban J connectivity index is 1.78. The van der Waals surface area contributed by atoms with Gasteiger partial charge in [0.15, 0.2) is 0 Å². The van der Waals surface area contributed by atoms with Crippen LogP contribution in [0.2, 0.25) is 0 Å². The van der Waals surface area contributed by atoms with Gasteiger partial charge in [0.2, 0.25) is 11.0 Å². The zero-order chi connectivity index (χ0) is 13.0. The number of aromatic nitrogens is 2. The molecule has 1 amide bonds. The molecule has 1 aromatic heterocycles. The minimum absolute atomic E-state index is 0.0238. The van der Waals surface area contributed by atoms with E-state index in [0.717, 1.165) is 37.4 Å². The second-order valence-corrected chi connectivity index (χ2v) is 5.58. The SMILES string of the molecule is CCc1nnc(NC(=O)CN2CCC(N)CC2)s1. The summed E-state index contributed by atoms with van der Waals surface area (Å²) in [5, 5.41) is 12.2. The largest absolute Gasteiger partial charge is 0.328 e. The predicted molar refractivity (Wildman–Crippen MR) is 71.6 cm³/mol. The third-order valence-corrected chi connectivity index (χ3v) is 4.00. The normalized spacial score (nSPS) is 17.9. The van der Waals surface area contributed by atoms with E-state index in [0.29, 0.717) is 17.7 Å². The molecule has 0 bridgehead atoms. The lowest BCUT2D eigenvalue weighted by Gasteiger charge is -2.29. The van der Waals surface area contributed by atoms with Gasteiger partial charge in [0, 0.05) is 19.1 Å². The maximum atomic E-state index is 11.8. The predicted octanol–water partition coefficient (Wildman–Crippen LogP) is 0.462. The van der Waals surface area contributed by atoms with Crippen molar-refractivity contribution in [3.05, 3.63) is 5.01 Å². The molecule has 7 heteroatoms. The molecule has 1 aliphatic heterocycles. The Bertz CT molecular complexity index is 400. The molecule has 18 heavy (non-hydrogen) atoms. The van der Waals surface area contributed by atoms with Crippen LogP contribution < -0.4 is 11.1 Å². The summed E-state index contributed by atoms with van der Waals surface area (Å²) in [5.74, 6) is -0.0238. The number of piperidine rings is 1. The van der Waals surface area contributed by atoms with E-state index in [1.165, 1.54) is 11.3 Å². The van der Waals surface area contributed by atoms with Gasteiger partial charge in [0.05, 0.1) is 6.54 Å². The van der Waals surface area contributed by atoms with E-state index in [1.54, 1.807) is 0 Å². The molecule has 1 fully saturated rings. The van der Waals surface area contributed by atoms with Gasteiger partial charge in [-0.25, -0.2) is 0 Å². The average molecular weight is 269 g/mol. The molecule has 0 aliphatic carbocycles. The highest BCUT2D eigenvalue weighted by atomic mass is 32.1. The number of nitrogens with one attached hydrogen (secondary N) is 1. The van der Waals surface area contributed by atoms with Gasteiger partial charge in [-0.1, -0.05) is 18.3 Å². The third-order valence-electron chi connectivity index (χ3n) is 3.02. The molecule has 1 aromatic rings. The molecule has 0 aromatic carbocycles. The second-order valence-electron chi connectivity index (χ2n) is 4.52. The van der Waals surface area contributed by atoms with Crippen LogP contribution in [0.3, 0.4) is 0 Å². The highest BCUT2D eigenvalue weighted by molar-refractivity contribution is 7.15. The summed E-state index contributed by atoms with van der Waals surface area (Å²) in [7, 11) is 0. The van der Waals surface area contributed by atoms with Gasteiger partial charge in [0.1, 0.15) is 5.01 Å². The number of aryl methyl sites for hydroxylation is 1. The Labute approximate surface area is 111 Å². The van der Waals surface area contributed by atoms with Crippen molar-refractivity contribution in [2.75, 3.05) is 25.0 Å². The number of hydrogen-bond donors (Lipinski definition) is 2. The molecule has 0 atom stereocenters. The lowest BCUT2D eigenvalue weighted by Crippen LogP contribution is -2.43. The third kappa shape index (κ3) is 3.72. The van der Waals surface area contributed by atoms with Gasteiger partial charge >= 0.3 is 0 Å². The number of hydrogen-bond acceptors (Lipinski definition) is 6. The van der Waals surface area contributed by atoms with Crippen molar-refractivity contribution in [2.45, 2.75) is 32.2 Å². The highest BCUT2D eigenvalue weighted by Crippen LogP contribution is 2.15. The molecule has 3 N–H and O–H groups in total. The van der Waals surface area contributed by atoms with Crippen LogP contribution >= 0.6 is 11.3 Å². The molecule has 1 aliphatic rings. The summed E-state index contributed by atoms with van der Waals surface area (Å²) < 4.78 is 0. The van der Waals surface area contributed by atoms with Crippen molar-refractivity contribution in [2.24, 2.45) is 5.73 Å². The Morgan fingerprint density at radius 2 is 2.22 bits per heavy atom. The molecule has 100 valence electrons. The summed E-state index contributed by atoms with van der Waals surface area (Å²) in [6, 6.07) is 0.291. The number of rotatable bonds is 4. The van der Waals surface area contributed by atoms with Crippen LogP contribution in [0.15, 0.2) is 0 Å². The van der Waals surface area contributed by atoms with Crippen LogP contribution in [0.1, 0.15) is 24.8 Å². The van der Waals surface area contributed by atoms with E-state index < -0.39 is 0 Å². The van der Waals surface area contributed by atoms with Crippen LogP contribution in [0.4, 0.5) is 5.13 Å². The number of anilines is 1. The zero-order valence-corrected chi connectivity index (χ0v) is 11.4. The van der Waals surface area contributed by atoms with Crippen molar-refractivity contribution < 1.29 is 4.79 Å². The van der Waals surface area contributed by atoms with Crippen LogP contribution in [0.5, 0.6) is 0 Å². The van der Waals surface area contributed by atoms with E-state index in [2.05, 4.69) is 20.4 Å². The first-order chi connectivity index (χ1) is 8.67. The maximum absolute atomic E-state index is 11.8. The Hall–Kier alpha value is -1.05.